The molecule has 1 aliphatic rings. The molecule has 4 rings (SSSR count). The summed E-state index contributed by atoms with van der Waals surface area (Å²) in [5.41, 5.74) is 2.79. The highest BCUT2D eigenvalue weighted by Crippen LogP contribution is 2.25. The molecule has 10 heteroatoms. The Balaban J connectivity index is 1.39. The van der Waals surface area contributed by atoms with E-state index in [1.807, 2.05) is 5.38 Å². The van der Waals surface area contributed by atoms with Gasteiger partial charge >= 0.3 is 0 Å². The number of piperazine rings is 1. The molecule has 1 N–H and O–H groups in total. The molecule has 0 bridgehead atoms. The molecule has 0 saturated carbocycles. The van der Waals surface area contributed by atoms with Crippen LogP contribution in [0.15, 0.2) is 34.5 Å². The molecule has 0 atom stereocenters. The lowest BCUT2D eigenvalue weighted by Gasteiger charge is -2.33. The van der Waals surface area contributed by atoms with Gasteiger partial charge in [-0.15, -0.1) is 11.3 Å². The number of benzene rings is 1. The molecule has 154 valence electrons. The minimum absolute atomic E-state index is 0.266. The normalized spacial score (nSPS) is 16.4. The topological polar surface area (TPSA) is 82.2 Å². The van der Waals surface area contributed by atoms with Gasteiger partial charge in [-0.1, -0.05) is 0 Å². The number of nitrogens with one attached hydrogen (secondary N) is 1. The minimum Gasteiger partial charge on any atom is -0.294 e. The zero-order chi connectivity index (χ0) is 20.6. The number of thiazole rings is 1. The fourth-order valence-electron chi connectivity index (χ4n) is 3.51. The lowest BCUT2D eigenvalue weighted by atomic mass is 10.2. The lowest BCUT2D eigenvalue weighted by molar-refractivity contribution is 0.181. The number of sulfonamides is 1. The number of H-pyrrole nitrogens is 1. The van der Waals surface area contributed by atoms with Gasteiger partial charge in [-0.05, 0) is 38.1 Å². The number of halogens is 1. The van der Waals surface area contributed by atoms with Gasteiger partial charge in [0.2, 0.25) is 10.0 Å². The third-order valence-corrected chi connectivity index (χ3v) is 8.04. The molecule has 29 heavy (non-hydrogen) atoms. The van der Waals surface area contributed by atoms with Crippen LogP contribution in [0.1, 0.15) is 16.4 Å². The van der Waals surface area contributed by atoms with Crippen molar-refractivity contribution in [3.63, 3.8) is 0 Å². The predicted octanol–water partition coefficient (Wildman–Crippen LogP) is 2.80. The Labute approximate surface area is 173 Å². The second kappa shape index (κ2) is 7.94. The van der Waals surface area contributed by atoms with Crippen LogP contribution in [0.4, 0.5) is 4.39 Å². The molecule has 0 aliphatic carbocycles. The zero-order valence-electron chi connectivity index (χ0n) is 16.2. The van der Waals surface area contributed by atoms with Crippen molar-refractivity contribution in [2.24, 2.45) is 0 Å². The Morgan fingerprint density at radius 2 is 1.83 bits per heavy atom. The summed E-state index contributed by atoms with van der Waals surface area (Å²) in [4.78, 5) is 7.14. The molecule has 3 heterocycles. The number of aryl methyl sites for hydroxylation is 2. The van der Waals surface area contributed by atoms with E-state index in [1.54, 1.807) is 37.3 Å². The Hall–Kier alpha value is -2.14. The van der Waals surface area contributed by atoms with E-state index in [1.165, 1.54) is 16.4 Å². The van der Waals surface area contributed by atoms with Crippen LogP contribution < -0.4 is 0 Å². The number of aromatic amines is 1. The first kappa shape index (κ1) is 20.1. The van der Waals surface area contributed by atoms with Crippen LogP contribution in [0, 0.1) is 19.7 Å². The Morgan fingerprint density at radius 1 is 1.14 bits per heavy atom. The molecule has 7 nitrogen and oxygen atoms in total. The third-order valence-electron chi connectivity index (χ3n) is 5.04. The lowest BCUT2D eigenvalue weighted by Crippen LogP contribution is -2.48. The smallest absolute Gasteiger partial charge is 0.246 e. The molecule has 1 fully saturated rings. The molecular weight excluding hydrogens is 413 g/mol. The van der Waals surface area contributed by atoms with Gasteiger partial charge in [0, 0.05) is 37.1 Å². The van der Waals surface area contributed by atoms with Crippen LogP contribution in [0.2, 0.25) is 0 Å². The maximum atomic E-state index is 13.1. The van der Waals surface area contributed by atoms with Crippen molar-refractivity contribution < 1.29 is 12.8 Å². The maximum Gasteiger partial charge on any atom is 0.246 e. The average molecular weight is 436 g/mol. The van der Waals surface area contributed by atoms with Gasteiger partial charge in [-0.2, -0.15) is 9.40 Å². The van der Waals surface area contributed by atoms with E-state index in [0.29, 0.717) is 44.1 Å². The summed E-state index contributed by atoms with van der Waals surface area (Å²) in [7, 11) is -3.54. The number of nitrogens with zero attached hydrogens (tertiary/aromatic N) is 4. The fraction of sp³-hybridized carbons (Fsp3) is 0.368. The highest BCUT2D eigenvalue weighted by atomic mass is 32.2. The van der Waals surface area contributed by atoms with Crippen LogP contribution in [0.5, 0.6) is 0 Å². The van der Waals surface area contributed by atoms with Gasteiger partial charge in [0.1, 0.15) is 15.7 Å². The van der Waals surface area contributed by atoms with Crippen molar-refractivity contribution in [3.05, 3.63) is 51.9 Å². The summed E-state index contributed by atoms with van der Waals surface area (Å²) in [6.45, 7) is 6.24. The Morgan fingerprint density at radius 3 is 2.45 bits per heavy atom. The second-order valence-electron chi connectivity index (χ2n) is 7.08. The van der Waals surface area contributed by atoms with Crippen LogP contribution in [-0.2, 0) is 16.6 Å². The van der Waals surface area contributed by atoms with Crippen LogP contribution in [-0.4, -0.2) is 59.0 Å². The molecule has 1 aromatic carbocycles. The number of rotatable bonds is 5. The first-order chi connectivity index (χ1) is 13.8. The molecule has 2 aromatic heterocycles. The highest BCUT2D eigenvalue weighted by Gasteiger charge is 2.32. The Kier molecular flexibility index (Phi) is 5.52. The summed E-state index contributed by atoms with van der Waals surface area (Å²) < 4.78 is 40.5. The predicted molar refractivity (Wildman–Crippen MR) is 110 cm³/mol. The first-order valence-electron chi connectivity index (χ1n) is 9.29. The minimum atomic E-state index is -3.54. The average Bonchev–Trinajstić information content (AvgIpc) is 3.29. The maximum absolute atomic E-state index is 13.1. The number of hydrogen-bond acceptors (Lipinski definition) is 6. The number of aromatic nitrogens is 3. The van der Waals surface area contributed by atoms with Crippen LogP contribution in [0.3, 0.4) is 0 Å². The standard InChI is InChI=1S/C19H22FN5O2S2/c1-13-19(14(2)23-22-13)29(26,27)25-9-7-24(8-10-25)11-18-21-17(12-28-18)15-3-5-16(20)6-4-15/h3-6,12H,7-11H2,1-2H3,(H,22,23). The van der Waals surface area contributed by atoms with Crippen LogP contribution >= 0.6 is 11.3 Å². The van der Waals surface area contributed by atoms with E-state index in [-0.39, 0.29) is 10.7 Å². The van der Waals surface area contributed by atoms with Crippen molar-refractivity contribution >= 4 is 21.4 Å². The van der Waals surface area contributed by atoms with Crippen molar-refractivity contribution in [2.75, 3.05) is 26.2 Å². The van der Waals surface area contributed by atoms with E-state index in [0.717, 1.165) is 16.3 Å². The zero-order valence-corrected chi connectivity index (χ0v) is 17.9. The summed E-state index contributed by atoms with van der Waals surface area (Å²) in [6, 6.07) is 6.30. The largest absolute Gasteiger partial charge is 0.294 e. The van der Waals surface area contributed by atoms with Crippen molar-refractivity contribution in [2.45, 2.75) is 25.3 Å². The monoisotopic (exact) mass is 435 g/mol. The first-order valence-corrected chi connectivity index (χ1v) is 11.6. The fourth-order valence-corrected chi connectivity index (χ4v) is 6.10. The third kappa shape index (κ3) is 4.11. The molecule has 3 aromatic rings. The SMILES string of the molecule is Cc1n[nH]c(C)c1S(=O)(=O)N1CCN(Cc2nc(-c3ccc(F)cc3)cs2)CC1. The van der Waals surface area contributed by atoms with E-state index >= 15 is 0 Å². The molecule has 1 aliphatic heterocycles. The van der Waals surface area contributed by atoms with Crippen molar-refractivity contribution in [1.29, 1.82) is 0 Å². The highest BCUT2D eigenvalue weighted by molar-refractivity contribution is 7.89. The second-order valence-corrected chi connectivity index (χ2v) is 9.89. The van der Waals surface area contributed by atoms with Gasteiger partial charge in [-0.25, -0.2) is 17.8 Å². The van der Waals surface area contributed by atoms with Crippen LogP contribution in [0.25, 0.3) is 11.3 Å². The molecule has 1 saturated heterocycles. The van der Waals surface area contributed by atoms with Gasteiger partial charge in [0.15, 0.2) is 0 Å². The molecule has 0 radical (unpaired) electrons. The Bertz CT molecular complexity index is 1080. The van der Waals surface area contributed by atoms with Crippen molar-refractivity contribution in [3.8, 4) is 11.3 Å². The molecule has 0 amide bonds. The van der Waals surface area contributed by atoms with Gasteiger partial charge in [-0.3, -0.25) is 10.00 Å². The van der Waals surface area contributed by atoms with Gasteiger partial charge in [0.05, 0.1) is 23.6 Å². The van der Waals surface area contributed by atoms with E-state index in [9.17, 15) is 12.8 Å². The summed E-state index contributed by atoms with van der Waals surface area (Å²) >= 11 is 1.56. The van der Waals surface area contributed by atoms with E-state index < -0.39 is 10.0 Å². The van der Waals surface area contributed by atoms with Gasteiger partial charge in [0.25, 0.3) is 0 Å². The van der Waals surface area contributed by atoms with E-state index in [2.05, 4.69) is 20.1 Å². The van der Waals surface area contributed by atoms with Crippen molar-refractivity contribution in [1.82, 2.24) is 24.4 Å². The quantitative estimate of drug-likeness (QED) is 0.666. The molecule has 0 spiro atoms. The molecule has 0 unspecified atom stereocenters. The number of hydrogen-bond donors (Lipinski definition) is 1. The molecular formula is C19H22FN5O2S2. The summed E-state index contributed by atoms with van der Waals surface area (Å²) in [5, 5.41) is 9.69. The van der Waals surface area contributed by atoms with Gasteiger partial charge < -0.3 is 0 Å². The summed E-state index contributed by atoms with van der Waals surface area (Å²) in [5.74, 6) is -0.266. The van der Waals surface area contributed by atoms with E-state index in [4.69, 9.17) is 0 Å². The summed E-state index contributed by atoms with van der Waals surface area (Å²) in [6.07, 6.45) is 0.